The standard InChI is InChI=1S/C16H23FN2O/c1-2-19(13-7-3-4-8-13)12-11-16(20)18-15-10-6-5-9-14(15)17/h5-6,9-10,13H,2-4,7-8,11-12H2,1H3,(H,18,20). The molecule has 1 fully saturated rings. The minimum absolute atomic E-state index is 0.119. The highest BCUT2D eigenvalue weighted by atomic mass is 19.1. The molecular weight excluding hydrogens is 255 g/mol. The van der Waals surface area contributed by atoms with Crippen molar-refractivity contribution in [2.45, 2.75) is 45.1 Å². The quantitative estimate of drug-likeness (QED) is 0.864. The molecule has 0 unspecified atom stereocenters. The molecule has 1 aromatic rings. The summed E-state index contributed by atoms with van der Waals surface area (Å²) in [6.07, 6.45) is 5.48. The van der Waals surface area contributed by atoms with E-state index in [-0.39, 0.29) is 17.4 Å². The van der Waals surface area contributed by atoms with Crippen LogP contribution in [0.4, 0.5) is 10.1 Å². The van der Waals surface area contributed by atoms with Gasteiger partial charge in [0.15, 0.2) is 0 Å². The molecule has 1 aromatic carbocycles. The van der Waals surface area contributed by atoms with Gasteiger partial charge in [0.25, 0.3) is 0 Å². The van der Waals surface area contributed by atoms with Gasteiger partial charge >= 0.3 is 0 Å². The van der Waals surface area contributed by atoms with E-state index in [4.69, 9.17) is 0 Å². The topological polar surface area (TPSA) is 32.3 Å². The van der Waals surface area contributed by atoms with Crippen molar-refractivity contribution in [1.82, 2.24) is 4.90 Å². The van der Waals surface area contributed by atoms with Gasteiger partial charge in [-0.25, -0.2) is 4.39 Å². The molecule has 0 spiro atoms. The number of hydrogen-bond acceptors (Lipinski definition) is 2. The molecule has 0 aromatic heterocycles. The smallest absolute Gasteiger partial charge is 0.225 e. The lowest BCUT2D eigenvalue weighted by Gasteiger charge is -2.27. The molecule has 2 rings (SSSR count). The van der Waals surface area contributed by atoms with Crippen LogP contribution >= 0.6 is 0 Å². The Morgan fingerprint density at radius 2 is 2.05 bits per heavy atom. The molecule has 0 radical (unpaired) electrons. The third-order valence-electron chi connectivity index (χ3n) is 4.02. The number of para-hydroxylation sites is 1. The van der Waals surface area contributed by atoms with Gasteiger partial charge in [0.1, 0.15) is 5.82 Å². The van der Waals surface area contributed by atoms with Crippen molar-refractivity contribution < 1.29 is 9.18 Å². The molecule has 0 atom stereocenters. The number of carbonyl (C=O) groups is 1. The van der Waals surface area contributed by atoms with Crippen molar-refractivity contribution in [3.63, 3.8) is 0 Å². The van der Waals surface area contributed by atoms with Crippen molar-refractivity contribution in [3.05, 3.63) is 30.1 Å². The van der Waals surface area contributed by atoms with Crippen LogP contribution in [0, 0.1) is 5.82 Å². The maximum atomic E-state index is 13.4. The van der Waals surface area contributed by atoms with E-state index in [9.17, 15) is 9.18 Å². The number of rotatable bonds is 6. The van der Waals surface area contributed by atoms with E-state index in [0.717, 1.165) is 13.1 Å². The summed E-state index contributed by atoms with van der Waals surface area (Å²) in [6.45, 7) is 3.85. The van der Waals surface area contributed by atoms with Crippen molar-refractivity contribution in [1.29, 1.82) is 0 Å². The van der Waals surface area contributed by atoms with Crippen molar-refractivity contribution in [2.75, 3.05) is 18.4 Å². The number of nitrogens with zero attached hydrogens (tertiary/aromatic N) is 1. The average Bonchev–Trinajstić information content (AvgIpc) is 2.96. The van der Waals surface area contributed by atoms with Gasteiger partial charge in [0.2, 0.25) is 5.91 Å². The first-order chi connectivity index (χ1) is 9.70. The van der Waals surface area contributed by atoms with Crippen LogP contribution in [-0.4, -0.2) is 29.9 Å². The summed E-state index contributed by atoms with van der Waals surface area (Å²) in [5, 5.41) is 2.64. The number of hydrogen-bond donors (Lipinski definition) is 1. The monoisotopic (exact) mass is 278 g/mol. The summed E-state index contributed by atoms with van der Waals surface area (Å²) in [5.41, 5.74) is 0.265. The Bertz CT molecular complexity index is 444. The predicted molar refractivity (Wildman–Crippen MR) is 79.1 cm³/mol. The van der Waals surface area contributed by atoms with Crippen LogP contribution < -0.4 is 5.32 Å². The number of carbonyl (C=O) groups excluding carboxylic acids is 1. The van der Waals surface area contributed by atoms with E-state index in [1.54, 1.807) is 18.2 Å². The third kappa shape index (κ3) is 4.04. The Morgan fingerprint density at radius 1 is 1.35 bits per heavy atom. The van der Waals surface area contributed by atoms with E-state index in [1.807, 2.05) is 0 Å². The SMILES string of the molecule is CCN(CCC(=O)Nc1ccccc1F)C1CCCC1. The van der Waals surface area contributed by atoms with Gasteiger partial charge in [0, 0.05) is 19.0 Å². The summed E-state index contributed by atoms with van der Waals surface area (Å²) < 4.78 is 13.4. The van der Waals surface area contributed by atoms with Crippen LogP contribution in [0.25, 0.3) is 0 Å². The Hall–Kier alpha value is -1.42. The molecule has 3 nitrogen and oxygen atoms in total. The number of benzene rings is 1. The molecule has 1 saturated carbocycles. The summed E-state index contributed by atoms with van der Waals surface area (Å²) in [6, 6.07) is 6.90. The molecule has 0 aliphatic heterocycles. The maximum Gasteiger partial charge on any atom is 0.225 e. The summed E-state index contributed by atoms with van der Waals surface area (Å²) in [7, 11) is 0. The molecule has 1 N–H and O–H groups in total. The zero-order valence-corrected chi connectivity index (χ0v) is 12.1. The third-order valence-corrected chi connectivity index (χ3v) is 4.02. The van der Waals surface area contributed by atoms with Crippen LogP contribution in [0.2, 0.25) is 0 Å². The summed E-state index contributed by atoms with van der Waals surface area (Å²) in [5.74, 6) is -0.504. The molecule has 0 heterocycles. The second-order valence-corrected chi connectivity index (χ2v) is 5.34. The highest BCUT2D eigenvalue weighted by molar-refractivity contribution is 5.90. The van der Waals surface area contributed by atoms with Crippen molar-refractivity contribution in [3.8, 4) is 0 Å². The van der Waals surface area contributed by atoms with Gasteiger partial charge in [-0.3, -0.25) is 4.79 Å². The van der Waals surface area contributed by atoms with Crippen LogP contribution in [0.5, 0.6) is 0 Å². The molecule has 1 aliphatic carbocycles. The molecule has 1 aliphatic rings. The predicted octanol–water partition coefficient (Wildman–Crippen LogP) is 3.42. The van der Waals surface area contributed by atoms with Crippen molar-refractivity contribution in [2.24, 2.45) is 0 Å². The molecular formula is C16H23FN2O. The molecule has 1 amide bonds. The van der Waals surface area contributed by atoms with E-state index in [2.05, 4.69) is 17.1 Å². The lowest BCUT2D eigenvalue weighted by atomic mass is 10.2. The maximum absolute atomic E-state index is 13.4. The van der Waals surface area contributed by atoms with Crippen LogP contribution in [0.15, 0.2) is 24.3 Å². The van der Waals surface area contributed by atoms with E-state index in [0.29, 0.717) is 12.5 Å². The fraction of sp³-hybridized carbons (Fsp3) is 0.562. The van der Waals surface area contributed by atoms with Gasteiger partial charge in [-0.15, -0.1) is 0 Å². The fourth-order valence-corrected chi connectivity index (χ4v) is 2.89. The first-order valence-corrected chi connectivity index (χ1v) is 7.49. The van der Waals surface area contributed by atoms with E-state index >= 15 is 0 Å². The molecule has 4 heteroatoms. The fourth-order valence-electron chi connectivity index (χ4n) is 2.89. The highest BCUT2D eigenvalue weighted by Crippen LogP contribution is 2.23. The van der Waals surface area contributed by atoms with E-state index < -0.39 is 0 Å². The Morgan fingerprint density at radius 3 is 2.70 bits per heavy atom. The lowest BCUT2D eigenvalue weighted by Crippen LogP contribution is -2.35. The summed E-state index contributed by atoms with van der Waals surface area (Å²) >= 11 is 0. The number of halogens is 1. The largest absolute Gasteiger partial charge is 0.324 e. The van der Waals surface area contributed by atoms with Crippen LogP contribution in [0.3, 0.4) is 0 Å². The Balaban J connectivity index is 1.80. The van der Waals surface area contributed by atoms with Gasteiger partial charge in [-0.1, -0.05) is 31.9 Å². The minimum Gasteiger partial charge on any atom is -0.324 e. The summed E-state index contributed by atoms with van der Waals surface area (Å²) in [4.78, 5) is 14.3. The number of nitrogens with one attached hydrogen (secondary N) is 1. The normalized spacial score (nSPS) is 15.8. The number of amides is 1. The molecule has 20 heavy (non-hydrogen) atoms. The Kier molecular flexibility index (Phi) is 5.53. The molecule has 0 saturated heterocycles. The zero-order valence-electron chi connectivity index (χ0n) is 12.1. The van der Waals surface area contributed by atoms with Gasteiger partial charge in [-0.2, -0.15) is 0 Å². The van der Waals surface area contributed by atoms with Gasteiger partial charge < -0.3 is 10.2 Å². The zero-order chi connectivity index (χ0) is 14.4. The lowest BCUT2D eigenvalue weighted by molar-refractivity contribution is -0.116. The second-order valence-electron chi connectivity index (χ2n) is 5.34. The van der Waals surface area contributed by atoms with E-state index in [1.165, 1.54) is 31.7 Å². The first kappa shape index (κ1) is 15.0. The molecule has 0 bridgehead atoms. The van der Waals surface area contributed by atoms with Gasteiger partial charge in [0.05, 0.1) is 5.69 Å². The van der Waals surface area contributed by atoms with Crippen molar-refractivity contribution >= 4 is 11.6 Å². The first-order valence-electron chi connectivity index (χ1n) is 7.49. The minimum atomic E-state index is -0.385. The number of anilines is 1. The second kappa shape index (κ2) is 7.39. The highest BCUT2D eigenvalue weighted by Gasteiger charge is 2.21. The van der Waals surface area contributed by atoms with Gasteiger partial charge in [-0.05, 0) is 31.5 Å². The van der Waals surface area contributed by atoms with Crippen LogP contribution in [0.1, 0.15) is 39.0 Å². The molecule has 110 valence electrons. The Labute approximate surface area is 120 Å². The average molecular weight is 278 g/mol. The van der Waals surface area contributed by atoms with Crippen LogP contribution in [-0.2, 0) is 4.79 Å².